The van der Waals surface area contributed by atoms with Crippen LogP contribution in [0.3, 0.4) is 0 Å². The Bertz CT molecular complexity index is 1800. The third-order valence-electron chi connectivity index (χ3n) is 8.05. The Balaban J connectivity index is 1.50. The Kier molecular flexibility index (Phi) is 9.18. The zero-order valence-electron chi connectivity index (χ0n) is 24.5. The summed E-state index contributed by atoms with van der Waals surface area (Å²) in [4.78, 5) is 31.1. The number of aromatic nitrogens is 2. The molecule has 0 bridgehead atoms. The van der Waals surface area contributed by atoms with Crippen LogP contribution in [0.2, 0.25) is 0 Å². The average molecular weight is 654 g/mol. The van der Waals surface area contributed by atoms with Gasteiger partial charge in [0.2, 0.25) is 0 Å². The topological polar surface area (TPSA) is 89.6 Å². The minimum absolute atomic E-state index is 0.0294. The standard InChI is InChI=1S/C31H30F7N5O3/c1-19-27(41-12-10-40(11-13-41)15-22-14-21(18-46-22)30(33,34)35)28(44)43(17-26(39)20-6-3-2-4-7-20)29(45)42(19)16-23-24(31(36,37)38)8-5-9-25(23)32/h2-9,14,18,26H,10-13,15-17,39H2,1H3/t26-/m1/s1. The average Bonchev–Trinajstić information content (AvgIpc) is 3.48. The van der Waals surface area contributed by atoms with E-state index in [2.05, 4.69) is 0 Å². The molecule has 0 unspecified atom stereocenters. The quantitative estimate of drug-likeness (QED) is 0.265. The van der Waals surface area contributed by atoms with E-state index >= 15 is 0 Å². The molecule has 8 nitrogen and oxygen atoms in total. The van der Waals surface area contributed by atoms with Crippen molar-refractivity contribution in [2.24, 2.45) is 5.73 Å². The van der Waals surface area contributed by atoms with Crippen LogP contribution in [0, 0.1) is 12.7 Å². The molecule has 5 rings (SSSR count). The van der Waals surface area contributed by atoms with Gasteiger partial charge in [0.1, 0.15) is 23.5 Å². The van der Waals surface area contributed by atoms with Crippen molar-refractivity contribution in [2.75, 3.05) is 31.1 Å². The molecule has 1 aliphatic rings. The number of hydrogen-bond acceptors (Lipinski definition) is 6. The van der Waals surface area contributed by atoms with E-state index in [4.69, 9.17) is 10.2 Å². The first-order valence-electron chi connectivity index (χ1n) is 14.3. The summed E-state index contributed by atoms with van der Waals surface area (Å²) in [6, 6.07) is 11.2. The van der Waals surface area contributed by atoms with Crippen molar-refractivity contribution in [3.63, 3.8) is 0 Å². The van der Waals surface area contributed by atoms with Crippen molar-refractivity contribution in [3.05, 3.63) is 121 Å². The van der Waals surface area contributed by atoms with Gasteiger partial charge < -0.3 is 15.1 Å². The molecular weight excluding hydrogens is 623 g/mol. The first-order chi connectivity index (χ1) is 21.6. The summed E-state index contributed by atoms with van der Waals surface area (Å²) in [7, 11) is 0. The second-order valence-corrected chi connectivity index (χ2v) is 11.1. The number of alkyl halides is 6. The SMILES string of the molecule is Cc1c(N2CCN(Cc3cc(C(F)(F)F)co3)CC2)c(=O)n(C[C@@H](N)c2ccccc2)c(=O)n1Cc1c(F)cccc1C(F)(F)F. The van der Waals surface area contributed by atoms with Crippen LogP contribution in [-0.4, -0.2) is 40.2 Å². The molecule has 0 amide bonds. The number of nitrogens with zero attached hydrogens (tertiary/aromatic N) is 4. The number of furan rings is 1. The van der Waals surface area contributed by atoms with E-state index in [0.29, 0.717) is 11.8 Å². The fraction of sp³-hybridized carbons (Fsp3) is 0.355. The third kappa shape index (κ3) is 6.89. The summed E-state index contributed by atoms with van der Waals surface area (Å²) >= 11 is 0. The molecule has 0 radical (unpaired) electrons. The molecule has 2 aromatic heterocycles. The fourth-order valence-electron chi connectivity index (χ4n) is 5.61. The molecule has 1 atom stereocenters. The highest BCUT2D eigenvalue weighted by molar-refractivity contribution is 5.50. The predicted molar refractivity (Wildman–Crippen MR) is 155 cm³/mol. The van der Waals surface area contributed by atoms with E-state index in [1.165, 1.54) is 6.92 Å². The van der Waals surface area contributed by atoms with Gasteiger partial charge in [-0.25, -0.2) is 9.18 Å². The maximum Gasteiger partial charge on any atom is 0.419 e. The Morgan fingerprint density at radius 1 is 0.870 bits per heavy atom. The summed E-state index contributed by atoms with van der Waals surface area (Å²) in [5, 5.41) is 0. The second kappa shape index (κ2) is 12.8. The molecule has 4 aromatic rings. The van der Waals surface area contributed by atoms with Crippen LogP contribution in [0.4, 0.5) is 36.4 Å². The number of benzene rings is 2. The van der Waals surface area contributed by atoms with Crippen LogP contribution in [0.5, 0.6) is 0 Å². The van der Waals surface area contributed by atoms with E-state index in [1.807, 2.05) is 4.90 Å². The van der Waals surface area contributed by atoms with E-state index in [0.717, 1.165) is 33.4 Å². The fourth-order valence-corrected chi connectivity index (χ4v) is 5.61. The monoisotopic (exact) mass is 653 g/mol. The normalized spacial score (nSPS) is 15.4. The molecule has 1 aliphatic heterocycles. The van der Waals surface area contributed by atoms with Crippen LogP contribution >= 0.6 is 0 Å². The van der Waals surface area contributed by atoms with Crippen molar-refractivity contribution in [1.29, 1.82) is 0 Å². The van der Waals surface area contributed by atoms with E-state index in [1.54, 1.807) is 35.2 Å². The molecule has 0 spiro atoms. The van der Waals surface area contributed by atoms with E-state index in [-0.39, 0.29) is 56.4 Å². The van der Waals surface area contributed by atoms with Crippen LogP contribution in [-0.2, 0) is 32.0 Å². The number of nitrogens with two attached hydrogens (primary N) is 1. The van der Waals surface area contributed by atoms with Gasteiger partial charge in [-0.15, -0.1) is 0 Å². The molecule has 15 heteroatoms. The van der Waals surface area contributed by atoms with Crippen LogP contribution in [0.25, 0.3) is 0 Å². The smallest absolute Gasteiger partial charge is 0.419 e. The van der Waals surface area contributed by atoms with Crippen molar-refractivity contribution in [3.8, 4) is 0 Å². The minimum atomic E-state index is -4.91. The Labute approximate surface area is 258 Å². The minimum Gasteiger partial charge on any atom is -0.467 e. The Morgan fingerprint density at radius 3 is 2.15 bits per heavy atom. The highest BCUT2D eigenvalue weighted by atomic mass is 19.4. The summed E-state index contributed by atoms with van der Waals surface area (Å²) in [6.45, 7) is 1.33. The van der Waals surface area contributed by atoms with Crippen molar-refractivity contribution in [1.82, 2.24) is 14.0 Å². The molecule has 2 aromatic carbocycles. The maximum absolute atomic E-state index is 14.9. The summed E-state index contributed by atoms with van der Waals surface area (Å²) in [6.07, 6.45) is -8.82. The van der Waals surface area contributed by atoms with Gasteiger partial charge in [-0.3, -0.25) is 18.8 Å². The highest BCUT2D eigenvalue weighted by Crippen LogP contribution is 2.34. The maximum atomic E-state index is 14.9. The van der Waals surface area contributed by atoms with Gasteiger partial charge in [0.25, 0.3) is 5.56 Å². The number of anilines is 1. The van der Waals surface area contributed by atoms with Gasteiger partial charge in [-0.1, -0.05) is 36.4 Å². The van der Waals surface area contributed by atoms with Gasteiger partial charge >= 0.3 is 18.0 Å². The number of halogens is 7. The third-order valence-corrected chi connectivity index (χ3v) is 8.05. The molecular formula is C31H30F7N5O3. The molecule has 2 N–H and O–H groups in total. The molecule has 1 saturated heterocycles. The summed E-state index contributed by atoms with van der Waals surface area (Å²) < 4.78 is 102. The van der Waals surface area contributed by atoms with E-state index in [9.17, 15) is 40.3 Å². The van der Waals surface area contributed by atoms with Gasteiger partial charge in [0.15, 0.2) is 0 Å². The Morgan fingerprint density at radius 2 is 1.54 bits per heavy atom. The molecule has 1 fully saturated rings. The molecule has 3 heterocycles. The van der Waals surface area contributed by atoms with Crippen LogP contribution in [0.15, 0.2) is 74.9 Å². The Hall–Kier alpha value is -4.37. The molecule has 46 heavy (non-hydrogen) atoms. The number of rotatable bonds is 8. The molecule has 0 aliphatic carbocycles. The van der Waals surface area contributed by atoms with Gasteiger partial charge in [-0.05, 0) is 30.7 Å². The van der Waals surface area contributed by atoms with Crippen molar-refractivity contribution < 1.29 is 35.2 Å². The summed E-state index contributed by atoms with van der Waals surface area (Å²) in [5.74, 6) is -1.06. The lowest BCUT2D eigenvalue weighted by molar-refractivity contribution is -0.139. The number of piperazine rings is 1. The zero-order chi connectivity index (χ0) is 33.4. The summed E-state index contributed by atoms with van der Waals surface area (Å²) in [5.41, 5.74) is 2.43. The lowest BCUT2D eigenvalue weighted by atomic mass is 10.1. The first kappa shape index (κ1) is 33.0. The lowest BCUT2D eigenvalue weighted by Crippen LogP contribution is -2.51. The second-order valence-electron chi connectivity index (χ2n) is 11.1. The van der Waals surface area contributed by atoms with Crippen molar-refractivity contribution >= 4 is 5.69 Å². The largest absolute Gasteiger partial charge is 0.467 e. The van der Waals surface area contributed by atoms with Gasteiger partial charge in [0.05, 0.1) is 30.8 Å². The van der Waals surface area contributed by atoms with Crippen LogP contribution < -0.4 is 21.9 Å². The first-order valence-corrected chi connectivity index (χ1v) is 14.3. The van der Waals surface area contributed by atoms with Gasteiger partial charge in [-0.2, -0.15) is 26.3 Å². The van der Waals surface area contributed by atoms with Crippen molar-refractivity contribution in [2.45, 2.75) is 45.0 Å². The van der Waals surface area contributed by atoms with E-state index < -0.39 is 58.7 Å². The van der Waals surface area contributed by atoms with Gasteiger partial charge in [0, 0.05) is 43.5 Å². The molecule has 0 saturated carbocycles. The number of hydrogen-bond donors (Lipinski definition) is 1. The lowest BCUT2D eigenvalue weighted by Gasteiger charge is -2.36. The predicted octanol–water partition coefficient (Wildman–Crippen LogP) is 5.16. The van der Waals surface area contributed by atoms with Crippen LogP contribution in [0.1, 0.15) is 39.7 Å². The highest BCUT2D eigenvalue weighted by Gasteiger charge is 2.36. The zero-order valence-corrected chi connectivity index (χ0v) is 24.5. The molecule has 246 valence electrons.